The summed E-state index contributed by atoms with van der Waals surface area (Å²) in [6, 6.07) is 12.7. The number of hydrogen-bond donors (Lipinski definition) is 3. The third-order valence-electron chi connectivity index (χ3n) is 4.58. The third kappa shape index (κ3) is 5.03. The van der Waals surface area contributed by atoms with Crippen LogP contribution in [0.4, 0.5) is 4.39 Å². The number of hydrogen-bond acceptors (Lipinski definition) is 5. The van der Waals surface area contributed by atoms with Crippen LogP contribution in [0.1, 0.15) is 15.9 Å². The molecule has 1 aliphatic rings. The van der Waals surface area contributed by atoms with E-state index in [0.29, 0.717) is 18.7 Å². The van der Waals surface area contributed by atoms with E-state index in [1.54, 1.807) is 7.11 Å². The molecule has 1 fully saturated rings. The van der Waals surface area contributed by atoms with Crippen molar-refractivity contribution >= 4 is 5.91 Å². The largest absolute Gasteiger partial charge is 0.497 e. The summed E-state index contributed by atoms with van der Waals surface area (Å²) in [7, 11) is 1.62. The quantitative estimate of drug-likeness (QED) is 0.684. The number of rotatable bonds is 7. The van der Waals surface area contributed by atoms with Gasteiger partial charge in [0.05, 0.1) is 25.9 Å². The monoisotopic (exact) mass is 374 g/mol. The average Bonchev–Trinajstić information content (AvgIpc) is 3.05. The Hall–Kier alpha value is -2.48. The van der Waals surface area contributed by atoms with Crippen molar-refractivity contribution in [3.63, 3.8) is 0 Å². The van der Waals surface area contributed by atoms with E-state index in [4.69, 9.17) is 9.47 Å². The van der Waals surface area contributed by atoms with Crippen molar-refractivity contribution in [3.05, 3.63) is 65.5 Å². The summed E-state index contributed by atoms with van der Waals surface area (Å²) in [5, 5.41) is 16.4. The third-order valence-corrected chi connectivity index (χ3v) is 4.58. The van der Waals surface area contributed by atoms with Crippen molar-refractivity contribution in [2.45, 2.75) is 24.8 Å². The predicted molar refractivity (Wildman–Crippen MR) is 98.1 cm³/mol. The molecule has 7 heteroatoms. The lowest BCUT2D eigenvalue weighted by molar-refractivity contribution is 0.0398. The SMILES string of the molecule is COc1ccc(CN[C@@H]2CO[C@H](CNC(=O)c3ccc(F)cc3)[C@H]2O)cc1. The zero-order valence-electron chi connectivity index (χ0n) is 15.0. The summed E-state index contributed by atoms with van der Waals surface area (Å²) in [5.74, 6) is 0.0623. The summed E-state index contributed by atoms with van der Waals surface area (Å²) >= 11 is 0. The molecule has 0 aromatic heterocycles. The van der Waals surface area contributed by atoms with Gasteiger partial charge >= 0.3 is 0 Å². The zero-order chi connectivity index (χ0) is 19.2. The number of aliphatic hydroxyl groups excluding tert-OH is 1. The minimum absolute atomic E-state index is 0.179. The van der Waals surface area contributed by atoms with Crippen LogP contribution in [0.3, 0.4) is 0 Å². The molecule has 1 heterocycles. The fourth-order valence-corrected chi connectivity index (χ4v) is 2.93. The fourth-order valence-electron chi connectivity index (χ4n) is 2.93. The van der Waals surface area contributed by atoms with E-state index >= 15 is 0 Å². The van der Waals surface area contributed by atoms with Gasteiger partial charge in [-0.2, -0.15) is 0 Å². The molecule has 0 unspecified atom stereocenters. The second-order valence-corrected chi connectivity index (χ2v) is 6.41. The number of aliphatic hydroxyl groups is 1. The van der Waals surface area contributed by atoms with E-state index in [9.17, 15) is 14.3 Å². The van der Waals surface area contributed by atoms with Crippen molar-refractivity contribution in [2.75, 3.05) is 20.3 Å². The van der Waals surface area contributed by atoms with Crippen molar-refractivity contribution in [1.82, 2.24) is 10.6 Å². The van der Waals surface area contributed by atoms with E-state index in [1.807, 2.05) is 24.3 Å². The van der Waals surface area contributed by atoms with Crippen LogP contribution in [0.2, 0.25) is 0 Å². The lowest BCUT2D eigenvalue weighted by atomic mass is 10.1. The summed E-state index contributed by atoms with van der Waals surface area (Å²) in [5.41, 5.74) is 1.43. The highest BCUT2D eigenvalue weighted by Gasteiger charge is 2.35. The van der Waals surface area contributed by atoms with Gasteiger partial charge in [0.1, 0.15) is 17.7 Å². The van der Waals surface area contributed by atoms with Gasteiger partial charge in [-0.05, 0) is 42.0 Å². The van der Waals surface area contributed by atoms with Gasteiger partial charge in [-0.15, -0.1) is 0 Å². The molecule has 0 spiro atoms. The Morgan fingerprint density at radius 2 is 1.93 bits per heavy atom. The lowest BCUT2D eigenvalue weighted by Crippen LogP contribution is -2.44. The molecule has 1 amide bonds. The maximum Gasteiger partial charge on any atom is 0.251 e. The van der Waals surface area contributed by atoms with E-state index in [1.165, 1.54) is 24.3 Å². The summed E-state index contributed by atoms with van der Waals surface area (Å²) < 4.78 is 23.6. The molecule has 3 rings (SSSR count). The molecular formula is C20H23FN2O4. The number of carbonyl (C=O) groups excluding carboxylic acids is 1. The van der Waals surface area contributed by atoms with Crippen LogP contribution < -0.4 is 15.4 Å². The molecule has 27 heavy (non-hydrogen) atoms. The molecule has 3 atom stereocenters. The highest BCUT2D eigenvalue weighted by atomic mass is 19.1. The smallest absolute Gasteiger partial charge is 0.251 e. The zero-order valence-corrected chi connectivity index (χ0v) is 15.0. The molecule has 2 aromatic carbocycles. The maximum atomic E-state index is 12.9. The Balaban J connectivity index is 1.45. The molecule has 2 aromatic rings. The van der Waals surface area contributed by atoms with Gasteiger partial charge in [-0.25, -0.2) is 4.39 Å². The molecule has 0 saturated carbocycles. The number of ether oxygens (including phenoxy) is 2. The van der Waals surface area contributed by atoms with Gasteiger partial charge in [0.15, 0.2) is 0 Å². The average molecular weight is 374 g/mol. The minimum atomic E-state index is -0.739. The Bertz CT molecular complexity index is 752. The van der Waals surface area contributed by atoms with Crippen molar-refractivity contribution in [3.8, 4) is 5.75 Å². The standard InChI is InChI=1S/C20H23FN2O4/c1-26-16-8-2-13(3-9-16)10-22-17-12-27-18(19(17)24)11-23-20(25)14-4-6-15(21)7-5-14/h2-9,17-19,22,24H,10-12H2,1H3,(H,23,25)/t17-,18-,19+/m1/s1. The number of nitrogens with one attached hydrogen (secondary N) is 2. The number of benzene rings is 2. The summed E-state index contributed by atoms with van der Waals surface area (Å²) in [4.78, 5) is 12.1. The molecule has 6 nitrogen and oxygen atoms in total. The molecular weight excluding hydrogens is 351 g/mol. The first-order valence-corrected chi connectivity index (χ1v) is 8.76. The van der Waals surface area contributed by atoms with E-state index < -0.39 is 18.0 Å². The molecule has 0 aliphatic carbocycles. The maximum absolute atomic E-state index is 12.9. The Morgan fingerprint density at radius 3 is 2.59 bits per heavy atom. The van der Waals surface area contributed by atoms with Gasteiger partial charge in [0.25, 0.3) is 5.91 Å². The number of carbonyl (C=O) groups is 1. The second kappa shape index (κ2) is 8.94. The lowest BCUT2D eigenvalue weighted by Gasteiger charge is -2.19. The number of amides is 1. The molecule has 3 N–H and O–H groups in total. The van der Waals surface area contributed by atoms with Crippen LogP contribution in [-0.2, 0) is 11.3 Å². The second-order valence-electron chi connectivity index (χ2n) is 6.41. The van der Waals surface area contributed by atoms with E-state index in [0.717, 1.165) is 11.3 Å². The van der Waals surface area contributed by atoms with E-state index in [-0.39, 0.29) is 18.5 Å². The van der Waals surface area contributed by atoms with Crippen molar-refractivity contribution < 1.29 is 23.8 Å². The van der Waals surface area contributed by atoms with Crippen LogP contribution in [0.15, 0.2) is 48.5 Å². The summed E-state index contributed by atoms with van der Waals surface area (Å²) in [6.07, 6.45) is -1.24. The fraction of sp³-hybridized carbons (Fsp3) is 0.350. The Labute approximate surface area is 157 Å². The molecule has 1 saturated heterocycles. The van der Waals surface area contributed by atoms with Gasteiger partial charge in [0, 0.05) is 18.7 Å². The van der Waals surface area contributed by atoms with Crippen LogP contribution in [-0.4, -0.2) is 49.5 Å². The molecule has 0 bridgehead atoms. The van der Waals surface area contributed by atoms with Gasteiger partial charge in [-0.1, -0.05) is 12.1 Å². The normalized spacial score (nSPS) is 21.8. The number of halogens is 1. The van der Waals surface area contributed by atoms with Gasteiger partial charge in [-0.3, -0.25) is 4.79 Å². The van der Waals surface area contributed by atoms with Crippen LogP contribution in [0.5, 0.6) is 5.75 Å². The van der Waals surface area contributed by atoms with Gasteiger partial charge in [0.2, 0.25) is 0 Å². The molecule has 0 radical (unpaired) electrons. The highest BCUT2D eigenvalue weighted by molar-refractivity contribution is 5.94. The van der Waals surface area contributed by atoms with Crippen LogP contribution in [0.25, 0.3) is 0 Å². The summed E-state index contributed by atoms with van der Waals surface area (Å²) in [6.45, 7) is 1.12. The first-order valence-electron chi connectivity index (χ1n) is 8.76. The van der Waals surface area contributed by atoms with Crippen molar-refractivity contribution in [2.24, 2.45) is 0 Å². The first kappa shape index (κ1) is 19.3. The predicted octanol–water partition coefficient (Wildman–Crippen LogP) is 1.48. The van der Waals surface area contributed by atoms with Gasteiger partial charge < -0.3 is 25.2 Å². The van der Waals surface area contributed by atoms with Crippen LogP contribution >= 0.6 is 0 Å². The number of methoxy groups -OCH3 is 1. The van der Waals surface area contributed by atoms with Crippen LogP contribution in [0, 0.1) is 5.82 Å². The highest BCUT2D eigenvalue weighted by Crippen LogP contribution is 2.16. The Kier molecular flexibility index (Phi) is 6.39. The molecule has 1 aliphatic heterocycles. The molecule has 144 valence electrons. The van der Waals surface area contributed by atoms with E-state index in [2.05, 4.69) is 10.6 Å². The van der Waals surface area contributed by atoms with Crippen molar-refractivity contribution in [1.29, 1.82) is 0 Å². The first-order chi connectivity index (χ1) is 13.1. The minimum Gasteiger partial charge on any atom is -0.497 e. The Morgan fingerprint density at radius 1 is 1.22 bits per heavy atom. The topological polar surface area (TPSA) is 79.8 Å².